The number of halogens is 2. The largest absolute Gasteiger partial charge is 0.482 e. The standard InChI is InChI=1S/C12H16ClFN2O2/c13-10-7-9(14)3-4-11(10)18-8-12(17)16-6-2-1-5-15/h3-4,7H,1-2,5-6,8,15H2,(H,16,17). The van der Waals surface area contributed by atoms with Crippen molar-refractivity contribution in [2.24, 2.45) is 5.73 Å². The highest BCUT2D eigenvalue weighted by molar-refractivity contribution is 6.32. The number of unbranched alkanes of at least 4 members (excludes halogenated alkanes) is 1. The first kappa shape index (κ1) is 14.7. The lowest BCUT2D eigenvalue weighted by Crippen LogP contribution is -2.30. The fourth-order valence-electron chi connectivity index (χ4n) is 1.28. The van der Waals surface area contributed by atoms with Crippen molar-refractivity contribution in [1.82, 2.24) is 5.32 Å². The summed E-state index contributed by atoms with van der Waals surface area (Å²) in [6, 6.07) is 3.75. The highest BCUT2D eigenvalue weighted by Crippen LogP contribution is 2.24. The molecule has 18 heavy (non-hydrogen) atoms. The SMILES string of the molecule is NCCCCNC(=O)COc1ccc(F)cc1Cl. The van der Waals surface area contributed by atoms with Crippen LogP contribution in [0.15, 0.2) is 18.2 Å². The Morgan fingerprint density at radius 2 is 2.22 bits per heavy atom. The third-order valence-corrected chi connectivity index (χ3v) is 2.50. The predicted molar refractivity (Wildman–Crippen MR) is 68.2 cm³/mol. The number of carbonyl (C=O) groups excluding carboxylic acids is 1. The van der Waals surface area contributed by atoms with Crippen LogP contribution in [0.25, 0.3) is 0 Å². The molecule has 1 aromatic rings. The van der Waals surface area contributed by atoms with Crippen molar-refractivity contribution in [3.8, 4) is 5.75 Å². The molecule has 1 aromatic carbocycles. The van der Waals surface area contributed by atoms with Crippen molar-refractivity contribution in [2.45, 2.75) is 12.8 Å². The molecule has 4 nitrogen and oxygen atoms in total. The molecule has 100 valence electrons. The summed E-state index contributed by atoms with van der Waals surface area (Å²) in [5.74, 6) is -0.402. The quantitative estimate of drug-likeness (QED) is 0.744. The third-order valence-electron chi connectivity index (χ3n) is 2.21. The Bertz CT molecular complexity index is 402. The lowest BCUT2D eigenvalue weighted by Gasteiger charge is -2.08. The number of carbonyl (C=O) groups is 1. The molecule has 0 atom stereocenters. The first-order valence-corrected chi connectivity index (χ1v) is 6.06. The van der Waals surface area contributed by atoms with E-state index in [0.29, 0.717) is 13.1 Å². The third kappa shape index (κ3) is 5.33. The molecule has 6 heteroatoms. The molecule has 0 aromatic heterocycles. The van der Waals surface area contributed by atoms with Gasteiger partial charge in [-0.25, -0.2) is 4.39 Å². The Balaban J connectivity index is 2.29. The van der Waals surface area contributed by atoms with Crippen LogP contribution in [-0.4, -0.2) is 25.6 Å². The Labute approximate surface area is 110 Å². The summed E-state index contributed by atoms with van der Waals surface area (Å²) < 4.78 is 17.9. The van der Waals surface area contributed by atoms with Crippen molar-refractivity contribution >= 4 is 17.5 Å². The molecule has 0 saturated carbocycles. The van der Waals surface area contributed by atoms with E-state index < -0.39 is 5.82 Å². The van der Waals surface area contributed by atoms with Crippen LogP contribution in [0.1, 0.15) is 12.8 Å². The number of hydrogen-bond acceptors (Lipinski definition) is 3. The average molecular weight is 275 g/mol. The summed E-state index contributed by atoms with van der Waals surface area (Å²) in [4.78, 5) is 11.4. The van der Waals surface area contributed by atoms with Gasteiger partial charge in [0.15, 0.2) is 6.61 Å². The fourth-order valence-corrected chi connectivity index (χ4v) is 1.51. The molecule has 0 saturated heterocycles. The number of amides is 1. The van der Waals surface area contributed by atoms with Crippen LogP contribution in [0.2, 0.25) is 5.02 Å². The van der Waals surface area contributed by atoms with E-state index in [-0.39, 0.29) is 23.3 Å². The summed E-state index contributed by atoms with van der Waals surface area (Å²) in [7, 11) is 0. The summed E-state index contributed by atoms with van der Waals surface area (Å²) in [6.07, 6.45) is 1.70. The highest BCUT2D eigenvalue weighted by Gasteiger charge is 2.06. The number of ether oxygens (including phenoxy) is 1. The minimum absolute atomic E-state index is 0.144. The van der Waals surface area contributed by atoms with Gasteiger partial charge in [-0.15, -0.1) is 0 Å². The Hall–Kier alpha value is -1.33. The number of nitrogens with two attached hydrogens (primary N) is 1. The molecule has 0 radical (unpaired) electrons. The average Bonchev–Trinajstić information content (AvgIpc) is 2.33. The minimum Gasteiger partial charge on any atom is -0.482 e. The van der Waals surface area contributed by atoms with E-state index in [2.05, 4.69) is 5.32 Å². The number of hydrogen-bond donors (Lipinski definition) is 2. The zero-order valence-corrected chi connectivity index (χ0v) is 10.7. The first-order chi connectivity index (χ1) is 8.63. The van der Waals surface area contributed by atoms with E-state index in [1.165, 1.54) is 12.1 Å². The molecule has 3 N–H and O–H groups in total. The van der Waals surface area contributed by atoms with E-state index in [0.717, 1.165) is 18.9 Å². The topological polar surface area (TPSA) is 64.3 Å². The van der Waals surface area contributed by atoms with Crippen LogP contribution < -0.4 is 15.8 Å². The van der Waals surface area contributed by atoms with Gasteiger partial charge in [-0.2, -0.15) is 0 Å². The van der Waals surface area contributed by atoms with Gasteiger partial charge in [-0.05, 0) is 37.6 Å². The Morgan fingerprint density at radius 3 is 2.89 bits per heavy atom. The van der Waals surface area contributed by atoms with Gasteiger partial charge in [-0.3, -0.25) is 4.79 Å². The molecule has 0 bridgehead atoms. The molecule has 0 aliphatic rings. The van der Waals surface area contributed by atoms with E-state index in [4.69, 9.17) is 22.1 Å². The Kier molecular flexibility index (Phi) is 6.46. The maximum absolute atomic E-state index is 12.8. The summed E-state index contributed by atoms with van der Waals surface area (Å²) in [5.41, 5.74) is 5.33. The van der Waals surface area contributed by atoms with Crippen molar-refractivity contribution in [3.05, 3.63) is 29.0 Å². The molecule has 0 heterocycles. The molecule has 0 aliphatic carbocycles. The molecule has 0 spiro atoms. The monoisotopic (exact) mass is 274 g/mol. The number of nitrogens with one attached hydrogen (secondary N) is 1. The van der Waals surface area contributed by atoms with Gasteiger partial charge in [0.25, 0.3) is 5.91 Å². The van der Waals surface area contributed by atoms with Crippen LogP contribution in [-0.2, 0) is 4.79 Å². The summed E-state index contributed by atoms with van der Waals surface area (Å²) >= 11 is 5.75. The maximum atomic E-state index is 12.8. The van der Waals surface area contributed by atoms with E-state index in [9.17, 15) is 9.18 Å². The lowest BCUT2D eigenvalue weighted by atomic mass is 10.3. The second-order valence-corrected chi connectivity index (χ2v) is 4.12. The summed E-state index contributed by atoms with van der Waals surface area (Å²) in [5, 5.41) is 2.83. The van der Waals surface area contributed by atoms with Gasteiger partial charge in [0.05, 0.1) is 5.02 Å². The minimum atomic E-state index is -0.446. The van der Waals surface area contributed by atoms with Gasteiger partial charge in [0.1, 0.15) is 11.6 Å². The van der Waals surface area contributed by atoms with Gasteiger partial charge >= 0.3 is 0 Å². The van der Waals surface area contributed by atoms with Gasteiger partial charge in [-0.1, -0.05) is 11.6 Å². The highest BCUT2D eigenvalue weighted by atomic mass is 35.5. The first-order valence-electron chi connectivity index (χ1n) is 5.68. The van der Waals surface area contributed by atoms with Crippen LogP contribution in [0, 0.1) is 5.82 Å². The van der Waals surface area contributed by atoms with Crippen molar-refractivity contribution in [2.75, 3.05) is 19.7 Å². The molecular formula is C12H16ClFN2O2. The Morgan fingerprint density at radius 1 is 1.44 bits per heavy atom. The van der Waals surface area contributed by atoms with Crippen LogP contribution in [0.3, 0.4) is 0 Å². The van der Waals surface area contributed by atoms with Crippen LogP contribution in [0.5, 0.6) is 5.75 Å². The van der Waals surface area contributed by atoms with Crippen LogP contribution >= 0.6 is 11.6 Å². The molecule has 1 amide bonds. The van der Waals surface area contributed by atoms with E-state index in [1.54, 1.807) is 0 Å². The number of benzene rings is 1. The number of rotatable bonds is 7. The zero-order valence-electron chi connectivity index (χ0n) is 9.92. The van der Waals surface area contributed by atoms with E-state index in [1.807, 2.05) is 0 Å². The zero-order chi connectivity index (χ0) is 13.4. The normalized spacial score (nSPS) is 10.2. The van der Waals surface area contributed by atoms with Gasteiger partial charge < -0.3 is 15.8 Å². The predicted octanol–water partition coefficient (Wildman–Crippen LogP) is 1.71. The van der Waals surface area contributed by atoms with Crippen molar-refractivity contribution in [3.63, 3.8) is 0 Å². The molecule has 0 aliphatic heterocycles. The fraction of sp³-hybridized carbons (Fsp3) is 0.417. The molecule has 0 fully saturated rings. The second kappa shape index (κ2) is 7.89. The molecule has 1 rings (SSSR count). The van der Waals surface area contributed by atoms with Gasteiger partial charge in [0, 0.05) is 6.54 Å². The molecule has 0 unspecified atom stereocenters. The van der Waals surface area contributed by atoms with Crippen molar-refractivity contribution in [1.29, 1.82) is 0 Å². The van der Waals surface area contributed by atoms with Crippen molar-refractivity contribution < 1.29 is 13.9 Å². The summed E-state index contributed by atoms with van der Waals surface area (Å²) in [6.45, 7) is 1.03. The second-order valence-electron chi connectivity index (χ2n) is 3.71. The lowest BCUT2D eigenvalue weighted by molar-refractivity contribution is -0.123. The van der Waals surface area contributed by atoms with Gasteiger partial charge in [0.2, 0.25) is 0 Å². The smallest absolute Gasteiger partial charge is 0.257 e. The maximum Gasteiger partial charge on any atom is 0.257 e. The van der Waals surface area contributed by atoms with E-state index >= 15 is 0 Å². The molecular weight excluding hydrogens is 259 g/mol. The van der Waals surface area contributed by atoms with Crippen LogP contribution in [0.4, 0.5) is 4.39 Å².